The Hall–Kier alpha value is 0.209. The van der Waals surface area contributed by atoms with Crippen LogP contribution >= 0.6 is 0 Å². The predicted octanol–water partition coefficient (Wildman–Crippen LogP) is 8.18. The van der Waals surface area contributed by atoms with E-state index in [1.165, 1.54) is 67.4 Å². The Labute approximate surface area is 163 Å². The first-order valence-electron chi connectivity index (χ1n) is 10.8. The third-order valence-corrected chi connectivity index (χ3v) is 20.6. The zero-order valence-electron chi connectivity index (χ0n) is 18.7. The molecule has 148 valence electrons. The summed E-state index contributed by atoms with van der Waals surface area (Å²) >= 11 is -2.29. The van der Waals surface area contributed by atoms with Crippen LogP contribution in [0.4, 0.5) is 0 Å². The van der Waals surface area contributed by atoms with Crippen molar-refractivity contribution in [2.75, 3.05) is 0 Å². The van der Waals surface area contributed by atoms with E-state index in [0.717, 1.165) is 0 Å². The molecule has 0 fully saturated rings. The van der Waals surface area contributed by atoms with Gasteiger partial charge in [-0.3, -0.25) is 0 Å². The predicted molar refractivity (Wildman–Crippen MR) is 117 cm³/mol. The summed E-state index contributed by atoms with van der Waals surface area (Å²) < 4.78 is 5.69. The first kappa shape index (κ1) is 25.2. The summed E-state index contributed by atoms with van der Waals surface area (Å²) in [6.45, 7) is 17.9. The van der Waals surface area contributed by atoms with Gasteiger partial charge in [-0.2, -0.15) is 0 Å². The number of hydrogen-bond acceptors (Lipinski definition) is 1. The second-order valence-corrected chi connectivity index (χ2v) is 23.5. The second-order valence-electron chi connectivity index (χ2n) is 9.63. The van der Waals surface area contributed by atoms with Gasteiger partial charge in [-0.15, -0.1) is 0 Å². The van der Waals surface area contributed by atoms with Crippen molar-refractivity contribution >= 4 is 24.2 Å². The van der Waals surface area contributed by atoms with Crippen LogP contribution in [-0.4, -0.2) is 24.2 Å². The van der Waals surface area contributed by atoms with Crippen molar-refractivity contribution in [2.45, 2.75) is 118 Å². The molecule has 0 aliphatic carbocycles. The molecule has 0 radical (unpaired) electrons. The van der Waals surface area contributed by atoms with Gasteiger partial charge in [-0.1, -0.05) is 0 Å². The van der Waals surface area contributed by atoms with Gasteiger partial charge in [-0.05, 0) is 0 Å². The Balaban J connectivity index is 5.55. The number of carbonyl (C=O) groups excluding carboxylic acids is 1. The molecule has 0 aromatic heterocycles. The van der Waals surface area contributed by atoms with Crippen molar-refractivity contribution in [1.29, 1.82) is 0 Å². The van der Waals surface area contributed by atoms with E-state index in [2.05, 4.69) is 55.4 Å². The van der Waals surface area contributed by atoms with E-state index in [1.54, 1.807) is 0 Å². The molecule has 0 aliphatic rings. The number of hydrogen-bond donors (Lipinski definition) is 0. The van der Waals surface area contributed by atoms with Gasteiger partial charge in [0.1, 0.15) is 0 Å². The van der Waals surface area contributed by atoms with Crippen LogP contribution in [0.25, 0.3) is 0 Å². The van der Waals surface area contributed by atoms with Crippen LogP contribution in [-0.2, 0) is 4.79 Å². The first-order chi connectivity index (χ1) is 11.6. The molecule has 1 nitrogen and oxygen atoms in total. The van der Waals surface area contributed by atoms with Gasteiger partial charge in [0.25, 0.3) is 0 Å². The van der Waals surface area contributed by atoms with Crippen LogP contribution in [0.5, 0.6) is 0 Å². The number of unbranched alkanes of at least 4 members (excludes halogenated alkanes) is 3. The van der Waals surface area contributed by atoms with Crippen LogP contribution in [0, 0.1) is 5.41 Å². The van der Waals surface area contributed by atoms with Gasteiger partial charge >= 0.3 is 164 Å². The van der Waals surface area contributed by atoms with E-state index in [4.69, 9.17) is 0 Å². The first-order valence-corrected chi connectivity index (χ1v) is 18.9. The Kier molecular flexibility index (Phi) is 12.7. The van der Waals surface area contributed by atoms with Crippen molar-refractivity contribution in [2.24, 2.45) is 5.41 Å². The van der Waals surface area contributed by atoms with Crippen LogP contribution in [0.2, 0.25) is 17.7 Å². The number of ketones is 1. The fraction of sp³-hybridized carbons (Fsp3) is 0.870. The SMILES string of the molecule is CCC[CH2][Sn]([CH2]CCC)([CH2]CCC)[CH2]C(C(=O)CC(C)(C)C)=C(C)C. The summed E-state index contributed by atoms with van der Waals surface area (Å²) in [5.74, 6) is 0.443. The molecule has 0 unspecified atom stereocenters. The molecule has 0 saturated carbocycles. The maximum atomic E-state index is 13.1. The number of carbonyl (C=O) groups is 1. The van der Waals surface area contributed by atoms with E-state index in [-0.39, 0.29) is 5.41 Å². The number of Topliss-reactive ketones (excluding diaryl/α,β-unsaturated/α-hetero) is 1. The topological polar surface area (TPSA) is 17.1 Å². The molecule has 0 aromatic carbocycles. The molecule has 0 N–H and O–H groups in total. The molecule has 0 aliphatic heterocycles. The van der Waals surface area contributed by atoms with Crippen molar-refractivity contribution in [3.05, 3.63) is 11.1 Å². The van der Waals surface area contributed by atoms with Gasteiger partial charge in [0.2, 0.25) is 0 Å². The molecule has 2 heteroatoms. The van der Waals surface area contributed by atoms with E-state index in [0.29, 0.717) is 12.2 Å². The summed E-state index contributed by atoms with van der Waals surface area (Å²) in [6, 6.07) is 0. The monoisotopic (exact) mass is 458 g/mol. The second kappa shape index (κ2) is 12.6. The van der Waals surface area contributed by atoms with Crippen LogP contribution < -0.4 is 0 Å². The molecule has 25 heavy (non-hydrogen) atoms. The Morgan fingerprint density at radius 3 is 1.48 bits per heavy atom. The van der Waals surface area contributed by atoms with Gasteiger partial charge in [0, 0.05) is 0 Å². The molecular weight excluding hydrogens is 411 g/mol. The average Bonchev–Trinajstić information content (AvgIpc) is 2.51. The Morgan fingerprint density at radius 2 is 1.20 bits per heavy atom. The summed E-state index contributed by atoms with van der Waals surface area (Å²) in [4.78, 5) is 13.1. The number of rotatable bonds is 13. The zero-order chi connectivity index (χ0) is 19.5. The van der Waals surface area contributed by atoms with E-state index in [1.807, 2.05) is 0 Å². The standard InChI is InChI=1S/C11H19O.3C4H9.Sn/c1-8(2)9(3)10(12)7-11(4,5)6;3*1-3-4-2;/h3,7H2,1-2,4-6H3;3*1,3-4H2,2H3;. The molecule has 0 atom stereocenters. The van der Waals surface area contributed by atoms with Crippen LogP contribution in [0.15, 0.2) is 11.1 Å². The van der Waals surface area contributed by atoms with Crippen molar-refractivity contribution in [3.63, 3.8) is 0 Å². The third-order valence-electron chi connectivity index (χ3n) is 5.36. The minimum absolute atomic E-state index is 0.0895. The summed E-state index contributed by atoms with van der Waals surface area (Å²) in [7, 11) is 0. The molecular formula is C23H46OSn. The molecule has 0 aromatic rings. The molecule has 0 heterocycles. The van der Waals surface area contributed by atoms with Gasteiger partial charge in [0.05, 0.1) is 0 Å². The van der Waals surface area contributed by atoms with E-state index in [9.17, 15) is 4.79 Å². The van der Waals surface area contributed by atoms with Crippen molar-refractivity contribution in [1.82, 2.24) is 0 Å². The summed E-state index contributed by atoms with van der Waals surface area (Å²) in [5.41, 5.74) is 2.61. The Morgan fingerprint density at radius 1 is 0.800 bits per heavy atom. The Bertz CT molecular complexity index is 389. The summed E-state index contributed by atoms with van der Waals surface area (Å²) in [6.07, 6.45) is 8.75. The molecule has 0 amide bonds. The maximum absolute atomic E-state index is 13.1. The fourth-order valence-electron chi connectivity index (χ4n) is 3.81. The zero-order valence-corrected chi connectivity index (χ0v) is 21.5. The van der Waals surface area contributed by atoms with Crippen LogP contribution in [0.1, 0.15) is 100 Å². The van der Waals surface area contributed by atoms with Gasteiger partial charge < -0.3 is 0 Å². The third kappa shape index (κ3) is 10.8. The van der Waals surface area contributed by atoms with Crippen LogP contribution in [0.3, 0.4) is 0 Å². The molecule has 0 saturated heterocycles. The normalized spacial score (nSPS) is 12.3. The molecule has 0 rings (SSSR count). The van der Waals surface area contributed by atoms with E-state index < -0.39 is 18.4 Å². The van der Waals surface area contributed by atoms with Gasteiger partial charge in [0.15, 0.2) is 0 Å². The van der Waals surface area contributed by atoms with Crippen molar-refractivity contribution in [3.8, 4) is 0 Å². The number of allylic oxidation sites excluding steroid dienone is 2. The van der Waals surface area contributed by atoms with E-state index >= 15 is 0 Å². The molecule has 0 spiro atoms. The van der Waals surface area contributed by atoms with Gasteiger partial charge in [-0.25, -0.2) is 0 Å². The average molecular weight is 457 g/mol. The minimum atomic E-state index is -2.29. The fourth-order valence-corrected chi connectivity index (χ4v) is 20.6. The summed E-state index contributed by atoms with van der Waals surface area (Å²) in [5, 5.41) is 0. The van der Waals surface area contributed by atoms with Crippen molar-refractivity contribution < 1.29 is 4.79 Å². The quantitative estimate of drug-likeness (QED) is 0.201. The molecule has 0 bridgehead atoms.